The fourth-order valence-electron chi connectivity index (χ4n) is 2.12. The Balaban J connectivity index is 2.89. The number of rotatable bonds is 8. The molecule has 0 aliphatic rings. The maximum absolute atomic E-state index is 10.7. The number of carboxylic acid groups (broad SMARTS) is 1. The Kier molecular flexibility index (Phi) is 6.15. The van der Waals surface area contributed by atoms with E-state index in [9.17, 15) is 4.79 Å². The van der Waals surface area contributed by atoms with Crippen molar-refractivity contribution >= 4 is 5.97 Å². The first kappa shape index (κ1) is 16.1. The van der Waals surface area contributed by atoms with Crippen molar-refractivity contribution in [1.29, 1.82) is 0 Å². The Morgan fingerprint density at radius 2 is 1.70 bits per heavy atom. The van der Waals surface area contributed by atoms with Gasteiger partial charge < -0.3 is 19.3 Å². The van der Waals surface area contributed by atoms with Crippen molar-refractivity contribution in [1.82, 2.24) is 0 Å². The highest BCUT2D eigenvalue weighted by Gasteiger charge is 2.15. The van der Waals surface area contributed by atoms with Crippen molar-refractivity contribution in [3.63, 3.8) is 0 Å². The molecule has 1 unspecified atom stereocenters. The molecule has 1 aromatic carbocycles. The maximum atomic E-state index is 10.7. The van der Waals surface area contributed by atoms with Crippen LogP contribution in [0.3, 0.4) is 0 Å². The lowest BCUT2D eigenvalue weighted by atomic mass is 9.97. The van der Waals surface area contributed by atoms with Crippen LogP contribution in [0.15, 0.2) is 12.1 Å². The number of benzene rings is 1. The Bertz CT molecular complexity index is 431. The smallest absolute Gasteiger partial charge is 0.303 e. The molecular weight excluding hydrogens is 260 g/mol. The van der Waals surface area contributed by atoms with E-state index in [0.717, 1.165) is 12.0 Å². The van der Waals surface area contributed by atoms with E-state index in [1.807, 2.05) is 6.92 Å². The van der Waals surface area contributed by atoms with E-state index in [0.29, 0.717) is 23.7 Å². The summed E-state index contributed by atoms with van der Waals surface area (Å²) in [6.45, 7) is 1.93. The van der Waals surface area contributed by atoms with Gasteiger partial charge in [-0.1, -0.05) is 6.92 Å². The quantitative estimate of drug-likeness (QED) is 0.794. The first-order chi connectivity index (χ1) is 9.51. The van der Waals surface area contributed by atoms with E-state index in [4.69, 9.17) is 19.3 Å². The molecule has 5 nitrogen and oxygen atoms in total. The van der Waals surface area contributed by atoms with Crippen molar-refractivity contribution in [2.24, 2.45) is 5.92 Å². The van der Waals surface area contributed by atoms with E-state index >= 15 is 0 Å². The minimum absolute atomic E-state index is 0.101. The third-order valence-corrected chi connectivity index (χ3v) is 3.23. The number of ether oxygens (including phenoxy) is 3. The zero-order chi connectivity index (χ0) is 15.1. The molecule has 1 rings (SSSR count). The average Bonchev–Trinajstić information content (AvgIpc) is 2.43. The predicted molar refractivity (Wildman–Crippen MR) is 75.8 cm³/mol. The van der Waals surface area contributed by atoms with Crippen molar-refractivity contribution < 1.29 is 24.1 Å². The first-order valence-corrected chi connectivity index (χ1v) is 6.52. The summed E-state index contributed by atoms with van der Waals surface area (Å²) in [6.07, 6.45) is 1.62. The van der Waals surface area contributed by atoms with Crippen molar-refractivity contribution in [2.75, 3.05) is 21.3 Å². The Labute approximate surface area is 119 Å². The lowest BCUT2D eigenvalue weighted by Crippen LogP contribution is -2.06. The summed E-state index contributed by atoms with van der Waals surface area (Å²) >= 11 is 0. The van der Waals surface area contributed by atoms with E-state index < -0.39 is 5.97 Å². The summed E-state index contributed by atoms with van der Waals surface area (Å²) < 4.78 is 15.9. The zero-order valence-electron chi connectivity index (χ0n) is 12.4. The fraction of sp³-hybridized carbons (Fsp3) is 0.533. The van der Waals surface area contributed by atoms with Gasteiger partial charge in [-0.2, -0.15) is 0 Å². The molecule has 0 saturated heterocycles. The SMILES string of the molecule is COc1cc(OC)c(CCC(C)CC(=O)O)c(OC)c1. The van der Waals surface area contributed by atoms with Gasteiger partial charge in [0.05, 0.1) is 21.3 Å². The molecule has 0 saturated carbocycles. The number of methoxy groups -OCH3 is 3. The summed E-state index contributed by atoms with van der Waals surface area (Å²) in [5, 5.41) is 8.79. The summed E-state index contributed by atoms with van der Waals surface area (Å²) in [5.74, 6) is 1.39. The van der Waals surface area contributed by atoms with Gasteiger partial charge in [-0.05, 0) is 18.8 Å². The number of hydrogen-bond acceptors (Lipinski definition) is 4. The second kappa shape index (κ2) is 7.62. The van der Waals surface area contributed by atoms with Crippen LogP contribution in [-0.2, 0) is 11.2 Å². The Hall–Kier alpha value is -1.91. The van der Waals surface area contributed by atoms with Crippen LogP contribution in [0.2, 0.25) is 0 Å². The standard InChI is InChI=1S/C15H22O5/c1-10(7-15(16)17)5-6-12-13(19-3)8-11(18-2)9-14(12)20-4/h8-10H,5-7H2,1-4H3,(H,16,17). The average molecular weight is 282 g/mol. The van der Waals surface area contributed by atoms with Crippen LogP contribution >= 0.6 is 0 Å². The molecule has 20 heavy (non-hydrogen) atoms. The van der Waals surface area contributed by atoms with Crippen LogP contribution in [0.1, 0.15) is 25.3 Å². The Morgan fingerprint density at radius 3 is 2.10 bits per heavy atom. The maximum Gasteiger partial charge on any atom is 0.303 e. The van der Waals surface area contributed by atoms with Gasteiger partial charge in [-0.25, -0.2) is 0 Å². The van der Waals surface area contributed by atoms with E-state index in [1.165, 1.54) is 0 Å². The molecule has 0 spiro atoms. The van der Waals surface area contributed by atoms with Crippen molar-refractivity contribution in [3.8, 4) is 17.2 Å². The summed E-state index contributed by atoms with van der Waals surface area (Å²) in [6, 6.07) is 3.61. The molecule has 0 bridgehead atoms. The van der Waals surface area contributed by atoms with Crippen LogP contribution in [-0.4, -0.2) is 32.4 Å². The highest BCUT2D eigenvalue weighted by atomic mass is 16.5. The number of carboxylic acids is 1. The van der Waals surface area contributed by atoms with E-state index in [1.54, 1.807) is 33.5 Å². The van der Waals surface area contributed by atoms with Gasteiger partial charge in [-0.3, -0.25) is 4.79 Å². The van der Waals surface area contributed by atoms with Crippen LogP contribution < -0.4 is 14.2 Å². The molecule has 0 aliphatic heterocycles. The summed E-state index contributed by atoms with van der Waals surface area (Å²) in [7, 11) is 4.78. The molecule has 1 aromatic rings. The number of aliphatic carboxylic acids is 1. The second-order valence-corrected chi connectivity index (χ2v) is 4.75. The number of hydrogen-bond donors (Lipinski definition) is 1. The molecule has 0 aliphatic carbocycles. The molecule has 0 fully saturated rings. The van der Waals surface area contributed by atoms with Gasteiger partial charge in [0.1, 0.15) is 17.2 Å². The lowest BCUT2D eigenvalue weighted by Gasteiger charge is -2.16. The van der Waals surface area contributed by atoms with Crippen LogP contribution in [0, 0.1) is 5.92 Å². The highest BCUT2D eigenvalue weighted by molar-refractivity contribution is 5.66. The monoisotopic (exact) mass is 282 g/mol. The zero-order valence-corrected chi connectivity index (χ0v) is 12.4. The van der Waals surface area contributed by atoms with Crippen LogP contribution in [0.25, 0.3) is 0 Å². The molecule has 1 atom stereocenters. The third-order valence-electron chi connectivity index (χ3n) is 3.23. The van der Waals surface area contributed by atoms with Gasteiger partial charge in [-0.15, -0.1) is 0 Å². The van der Waals surface area contributed by atoms with Gasteiger partial charge in [0.15, 0.2) is 0 Å². The minimum atomic E-state index is -0.772. The third kappa shape index (κ3) is 4.33. The highest BCUT2D eigenvalue weighted by Crippen LogP contribution is 2.35. The van der Waals surface area contributed by atoms with Gasteiger partial charge in [0.25, 0.3) is 0 Å². The predicted octanol–water partition coefficient (Wildman–Crippen LogP) is 2.76. The molecule has 1 N–H and O–H groups in total. The molecule has 0 aromatic heterocycles. The normalized spacial score (nSPS) is 11.8. The molecule has 5 heteroatoms. The van der Waals surface area contributed by atoms with Crippen molar-refractivity contribution in [2.45, 2.75) is 26.2 Å². The molecule has 112 valence electrons. The van der Waals surface area contributed by atoms with Crippen LogP contribution in [0.4, 0.5) is 0 Å². The van der Waals surface area contributed by atoms with E-state index in [2.05, 4.69) is 0 Å². The number of carbonyl (C=O) groups is 1. The fourth-order valence-corrected chi connectivity index (χ4v) is 2.12. The van der Waals surface area contributed by atoms with Crippen molar-refractivity contribution in [3.05, 3.63) is 17.7 Å². The van der Waals surface area contributed by atoms with Gasteiger partial charge >= 0.3 is 5.97 Å². The van der Waals surface area contributed by atoms with Gasteiger partial charge in [0.2, 0.25) is 0 Å². The minimum Gasteiger partial charge on any atom is -0.496 e. The summed E-state index contributed by atoms with van der Waals surface area (Å²) in [5.41, 5.74) is 0.938. The second-order valence-electron chi connectivity index (χ2n) is 4.75. The first-order valence-electron chi connectivity index (χ1n) is 6.52. The largest absolute Gasteiger partial charge is 0.496 e. The summed E-state index contributed by atoms with van der Waals surface area (Å²) in [4.78, 5) is 10.7. The topological polar surface area (TPSA) is 65.0 Å². The molecule has 0 heterocycles. The van der Waals surface area contributed by atoms with E-state index in [-0.39, 0.29) is 12.3 Å². The van der Waals surface area contributed by atoms with Gasteiger partial charge in [0, 0.05) is 24.1 Å². The molecular formula is C15H22O5. The molecule has 0 radical (unpaired) electrons. The van der Waals surface area contributed by atoms with Crippen LogP contribution in [0.5, 0.6) is 17.2 Å². The lowest BCUT2D eigenvalue weighted by molar-refractivity contribution is -0.138. The Morgan fingerprint density at radius 1 is 1.15 bits per heavy atom. The molecule has 0 amide bonds.